The van der Waals surface area contributed by atoms with E-state index in [4.69, 9.17) is 4.74 Å². The molecule has 1 heterocycles. The predicted molar refractivity (Wildman–Crippen MR) is 92.7 cm³/mol. The van der Waals surface area contributed by atoms with Crippen LogP contribution in [0.15, 0.2) is 24.3 Å². The van der Waals surface area contributed by atoms with E-state index in [2.05, 4.69) is 17.3 Å². The van der Waals surface area contributed by atoms with Crippen molar-refractivity contribution in [1.29, 1.82) is 0 Å². The SMILES string of the molecule is CN1CCC(CN[C@H]2CCC[C@@H](Oc3ccc(F)cc3)[C@@H]2O)CC1. The molecule has 2 N–H and O–H groups in total. The summed E-state index contributed by atoms with van der Waals surface area (Å²) in [4.78, 5) is 2.37. The number of nitrogens with zero attached hydrogens (tertiary/aromatic N) is 1. The molecule has 0 spiro atoms. The second-order valence-electron chi connectivity index (χ2n) is 7.29. The largest absolute Gasteiger partial charge is 0.488 e. The number of halogens is 1. The number of rotatable bonds is 5. The third-order valence-electron chi connectivity index (χ3n) is 5.40. The van der Waals surface area contributed by atoms with E-state index in [-0.39, 0.29) is 18.0 Å². The number of hydrogen-bond donors (Lipinski definition) is 2. The number of nitrogens with one attached hydrogen (secondary N) is 1. The molecule has 134 valence electrons. The average molecular weight is 336 g/mol. The zero-order chi connectivity index (χ0) is 16.9. The molecule has 4 nitrogen and oxygen atoms in total. The molecule has 1 aromatic carbocycles. The summed E-state index contributed by atoms with van der Waals surface area (Å²) in [5.74, 6) is 1.05. The second-order valence-corrected chi connectivity index (χ2v) is 7.29. The van der Waals surface area contributed by atoms with Crippen molar-refractivity contribution in [2.75, 3.05) is 26.7 Å². The molecule has 1 saturated heterocycles. The number of hydrogen-bond acceptors (Lipinski definition) is 4. The zero-order valence-electron chi connectivity index (χ0n) is 14.5. The summed E-state index contributed by atoms with van der Waals surface area (Å²) >= 11 is 0. The smallest absolute Gasteiger partial charge is 0.126 e. The molecule has 1 saturated carbocycles. The molecular formula is C19H29FN2O2. The van der Waals surface area contributed by atoms with Gasteiger partial charge < -0.3 is 20.1 Å². The van der Waals surface area contributed by atoms with Crippen LogP contribution in [0.3, 0.4) is 0 Å². The van der Waals surface area contributed by atoms with Crippen LogP contribution in [0, 0.1) is 11.7 Å². The molecule has 0 radical (unpaired) electrons. The van der Waals surface area contributed by atoms with Gasteiger partial charge in [0.2, 0.25) is 0 Å². The molecule has 1 aromatic rings. The Bertz CT molecular complexity index is 503. The van der Waals surface area contributed by atoms with Crippen molar-refractivity contribution < 1.29 is 14.2 Å². The van der Waals surface area contributed by atoms with Gasteiger partial charge in [-0.2, -0.15) is 0 Å². The minimum atomic E-state index is -0.518. The van der Waals surface area contributed by atoms with Gasteiger partial charge in [0.15, 0.2) is 0 Å². The molecule has 24 heavy (non-hydrogen) atoms. The van der Waals surface area contributed by atoms with Crippen LogP contribution in [0.25, 0.3) is 0 Å². The van der Waals surface area contributed by atoms with Crippen LogP contribution < -0.4 is 10.1 Å². The van der Waals surface area contributed by atoms with Gasteiger partial charge in [-0.15, -0.1) is 0 Å². The second kappa shape index (κ2) is 8.28. The van der Waals surface area contributed by atoms with Crippen LogP contribution in [0.1, 0.15) is 32.1 Å². The van der Waals surface area contributed by atoms with Gasteiger partial charge in [-0.1, -0.05) is 0 Å². The highest BCUT2D eigenvalue weighted by Crippen LogP contribution is 2.25. The highest BCUT2D eigenvalue weighted by molar-refractivity contribution is 5.22. The van der Waals surface area contributed by atoms with Crippen molar-refractivity contribution in [3.8, 4) is 5.75 Å². The molecule has 1 aliphatic carbocycles. The Morgan fingerprint density at radius 3 is 2.58 bits per heavy atom. The molecule has 3 atom stereocenters. The number of aliphatic hydroxyl groups excluding tert-OH is 1. The highest BCUT2D eigenvalue weighted by atomic mass is 19.1. The van der Waals surface area contributed by atoms with Crippen LogP contribution in [0.5, 0.6) is 5.75 Å². The zero-order valence-corrected chi connectivity index (χ0v) is 14.5. The molecule has 3 rings (SSSR count). The first-order valence-corrected chi connectivity index (χ1v) is 9.14. The molecule has 0 aromatic heterocycles. The minimum Gasteiger partial charge on any atom is -0.488 e. The van der Waals surface area contributed by atoms with E-state index in [0.717, 1.165) is 38.9 Å². The monoisotopic (exact) mass is 336 g/mol. The van der Waals surface area contributed by atoms with E-state index >= 15 is 0 Å². The summed E-state index contributed by atoms with van der Waals surface area (Å²) in [6, 6.07) is 6.11. The molecule has 2 aliphatic rings. The Morgan fingerprint density at radius 1 is 1.17 bits per heavy atom. The quantitative estimate of drug-likeness (QED) is 0.867. The third kappa shape index (κ3) is 4.68. The van der Waals surface area contributed by atoms with E-state index in [1.807, 2.05) is 0 Å². The fourth-order valence-electron chi connectivity index (χ4n) is 3.76. The molecule has 5 heteroatoms. The maximum absolute atomic E-state index is 13.0. The first-order chi connectivity index (χ1) is 11.6. The summed E-state index contributed by atoms with van der Waals surface area (Å²) in [6.07, 6.45) is 4.56. The lowest BCUT2D eigenvalue weighted by atomic mass is 9.88. The maximum Gasteiger partial charge on any atom is 0.126 e. The van der Waals surface area contributed by atoms with E-state index < -0.39 is 6.10 Å². The maximum atomic E-state index is 13.0. The van der Waals surface area contributed by atoms with Crippen molar-refractivity contribution in [3.63, 3.8) is 0 Å². The molecule has 0 bridgehead atoms. The van der Waals surface area contributed by atoms with Crippen molar-refractivity contribution in [2.24, 2.45) is 5.92 Å². The van der Waals surface area contributed by atoms with Crippen molar-refractivity contribution >= 4 is 0 Å². The van der Waals surface area contributed by atoms with Gasteiger partial charge in [0, 0.05) is 6.04 Å². The van der Waals surface area contributed by atoms with Crippen LogP contribution in [0.2, 0.25) is 0 Å². The summed E-state index contributed by atoms with van der Waals surface area (Å²) in [5.41, 5.74) is 0. The normalized spacial score (nSPS) is 29.5. The van der Waals surface area contributed by atoms with Gasteiger partial charge in [-0.05, 0) is 89.0 Å². The summed E-state index contributed by atoms with van der Waals surface area (Å²) < 4.78 is 18.9. The Labute approximate surface area is 144 Å². The standard InChI is InChI=1S/C19H29FN2O2/c1-22-11-9-14(10-12-22)13-21-17-3-2-4-18(19(17)23)24-16-7-5-15(20)6-8-16/h5-8,14,17-19,21,23H,2-4,9-13H2,1H3/t17-,18+,19+/m0/s1. The van der Waals surface area contributed by atoms with Crippen LogP contribution in [-0.4, -0.2) is 54.9 Å². The van der Waals surface area contributed by atoms with Gasteiger partial charge in [0.25, 0.3) is 0 Å². The lowest BCUT2D eigenvalue weighted by Crippen LogP contribution is -2.52. The Morgan fingerprint density at radius 2 is 1.88 bits per heavy atom. The molecular weight excluding hydrogens is 307 g/mol. The van der Waals surface area contributed by atoms with E-state index in [1.165, 1.54) is 25.0 Å². The first-order valence-electron chi connectivity index (χ1n) is 9.14. The van der Waals surface area contributed by atoms with Crippen LogP contribution >= 0.6 is 0 Å². The van der Waals surface area contributed by atoms with E-state index in [0.29, 0.717) is 11.7 Å². The Hall–Kier alpha value is -1.17. The predicted octanol–water partition coefficient (Wildman–Crippen LogP) is 2.42. The fraction of sp³-hybridized carbons (Fsp3) is 0.684. The number of ether oxygens (including phenoxy) is 1. The molecule has 0 unspecified atom stereocenters. The van der Waals surface area contributed by atoms with Crippen LogP contribution in [-0.2, 0) is 0 Å². The number of likely N-dealkylation sites (tertiary alicyclic amines) is 1. The highest BCUT2D eigenvalue weighted by Gasteiger charge is 2.33. The summed E-state index contributed by atoms with van der Waals surface area (Å²) in [7, 11) is 2.17. The number of aliphatic hydroxyl groups is 1. The van der Waals surface area contributed by atoms with Gasteiger partial charge >= 0.3 is 0 Å². The van der Waals surface area contributed by atoms with E-state index in [1.54, 1.807) is 12.1 Å². The summed E-state index contributed by atoms with van der Waals surface area (Å²) in [5, 5.41) is 14.2. The average Bonchev–Trinajstić information content (AvgIpc) is 2.59. The van der Waals surface area contributed by atoms with Gasteiger partial charge in [-0.25, -0.2) is 4.39 Å². The van der Waals surface area contributed by atoms with Crippen LogP contribution in [0.4, 0.5) is 4.39 Å². The molecule has 1 aliphatic heterocycles. The number of piperidine rings is 1. The lowest BCUT2D eigenvalue weighted by Gasteiger charge is -2.37. The number of benzene rings is 1. The van der Waals surface area contributed by atoms with Gasteiger partial charge in [0.05, 0.1) is 0 Å². The summed E-state index contributed by atoms with van der Waals surface area (Å²) in [6.45, 7) is 3.30. The lowest BCUT2D eigenvalue weighted by molar-refractivity contribution is -0.0166. The van der Waals surface area contributed by atoms with E-state index in [9.17, 15) is 9.50 Å². The molecule has 2 fully saturated rings. The molecule has 0 amide bonds. The third-order valence-corrected chi connectivity index (χ3v) is 5.40. The topological polar surface area (TPSA) is 44.7 Å². The van der Waals surface area contributed by atoms with Gasteiger partial charge in [0.1, 0.15) is 23.8 Å². The van der Waals surface area contributed by atoms with Gasteiger partial charge in [-0.3, -0.25) is 0 Å². The van der Waals surface area contributed by atoms with Crippen molar-refractivity contribution in [1.82, 2.24) is 10.2 Å². The minimum absolute atomic E-state index is 0.0869. The Balaban J connectivity index is 1.49. The fourth-order valence-corrected chi connectivity index (χ4v) is 3.76. The first kappa shape index (κ1) is 17.6. The van der Waals surface area contributed by atoms with Crippen molar-refractivity contribution in [2.45, 2.75) is 50.4 Å². The van der Waals surface area contributed by atoms with Crippen molar-refractivity contribution in [3.05, 3.63) is 30.1 Å². The Kier molecular flexibility index (Phi) is 6.09.